The molecule has 88 valence electrons. The van der Waals surface area contributed by atoms with Gasteiger partial charge in [-0.15, -0.1) is 0 Å². The molecule has 0 aromatic heterocycles. The Morgan fingerprint density at radius 2 is 2.27 bits per heavy atom. The van der Waals surface area contributed by atoms with Crippen LogP contribution < -0.4 is 5.32 Å². The van der Waals surface area contributed by atoms with E-state index >= 15 is 0 Å². The van der Waals surface area contributed by atoms with E-state index in [2.05, 4.69) is 35.8 Å². The Labute approximate surface area is 98.2 Å². The lowest BCUT2D eigenvalue weighted by atomic mass is 10.2. The molecule has 1 aliphatic heterocycles. The number of nitrogens with zero attached hydrogens (tertiary/aromatic N) is 1. The third-order valence-corrected chi connectivity index (χ3v) is 4.90. The van der Waals surface area contributed by atoms with Gasteiger partial charge in [0.1, 0.15) is 0 Å². The smallest absolute Gasteiger partial charge is 0.0193 e. The normalized spacial score (nSPS) is 30.4. The second kappa shape index (κ2) is 5.55. The molecular weight excluding hydrogens is 204 g/mol. The van der Waals surface area contributed by atoms with Crippen molar-refractivity contribution in [2.75, 3.05) is 25.4 Å². The first-order valence-corrected chi connectivity index (χ1v) is 7.43. The summed E-state index contributed by atoms with van der Waals surface area (Å²) in [6, 6.07) is 1.58. The van der Waals surface area contributed by atoms with Crippen molar-refractivity contribution in [2.24, 2.45) is 0 Å². The molecular formula is C12H24N2S. The van der Waals surface area contributed by atoms with E-state index in [-0.39, 0.29) is 0 Å². The van der Waals surface area contributed by atoms with Crippen molar-refractivity contribution in [1.29, 1.82) is 0 Å². The first-order valence-electron chi connectivity index (χ1n) is 6.38. The van der Waals surface area contributed by atoms with Crippen molar-refractivity contribution in [1.82, 2.24) is 10.2 Å². The minimum Gasteiger partial charge on any atom is -0.312 e. The van der Waals surface area contributed by atoms with Crippen LogP contribution in [0.15, 0.2) is 0 Å². The molecule has 0 amide bonds. The minimum atomic E-state index is 0.723. The van der Waals surface area contributed by atoms with E-state index in [0.29, 0.717) is 0 Å². The predicted octanol–water partition coefficient (Wildman–Crippen LogP) is 1.95. The van der Waals surface area contributed by atoms with Crippen LogP contribution in [0.5, 0.6) is 0 Å². The lowest BCUT2D eigenvalue weighted by molar-refractivity contribution is 0.210. The number of hydrogen-bond donors (Lipinski definition) is 1. The fraction of sp³-hybridized carbons (Fsp3) is 1.00. The van der Waals surface area contributed by atoms with E-state index in [1.165, 1.54) is 44.6 Å². The van der Waals surface area contributed by atoms with Crippen LogP contribution in [-0.4, -0.2) is 47.6 Å². The second-order valence-corrected chi connectivity index (χ2v) is 6.34. The largest absolute Gasteiger partial charge is 0.312 e. The van der Waals surface area contributed by atoms with Crippen LogP contribution in [0, 0.1) is 0 Å². The van der Waals surface area contributed by atoms with E-state index in [0.717, 1.165) is 17.3 Å². The Balaban J connectivity index is 1.70. The molecule has 0 aromatic carbocycles. The van der Waals surface area contributed by atoms with Crippen molar-refractivity contribution in [3.63, 3.8) is 0 Å². The van der Waals surface area contributed by atoms with E-state index in [1.807, 2.05) is 0 Å². The Morgan fingerprint density at radius 1 is 1.47 bits per heavy atom. The van der Waals surface area contributed by atoms with Crippen LogP contribution >= 0.6 is 11.8 Å². The highest BCUT2D eigenvalue weighted by Gasteiger charge is 2.25. The summed E-state index contributed by atoms with van der Waals surface area (Å²) in [4.78, 5) is 2.67. The molecule has 1 N–H and O–H groups in total. The summed E-state index contributed by atoms with van der Waals surface area (Å²) in [7, 11) is 0. The lowest BCUT2D eigenvalue weighted by Crippen LogP contribution is -2.47. The summed E-state index contributed by atoms with van der Waals surface area (Å²) in [5.74, 6) is 1.33. The highest BCUT2D eigenvalue weighted by molar-refractivity contribution is 8.00. The molecule has 1 saturated carbocycles. The second-order valence-electron chi connectivity index (χ2n) is 4.93. The van der Waals surface area contributed by atoms with Gasteiger partial charge in [0, 0.05) is 42.7 Å². The summed E-state index contributed by atoms with van der Waals surface area (Å²) in [6.07, 6.45) is 4.13. The average Bonchev–Trinajstić information content (AvgIpc) is 3.10. The zero-order valence-electron chi connectivity index (χ0n) is 10.0. The minimum absolute atomic E-state index is 0.723. The van der Waals surface area contributed by atoms with Crippen molar-refractivity contribution in [3.8, 4) is 0 Å². The standard InChI is InChI=1S/C12H24N2S/c1-3-12-9-14(6-7-15-12)10(2)8-13-11-4-5-11/h10-13H,3-9H2,1-2H3. The van der Waals surface area contributed by atoms with Crippen LogP contribution in [0.25, 0.3) is 0 Å². The van der Waals surface area contributed by atoms with E-state index < -0.39 is 0 Å². The SMILES string of the molecule is CCC1CN(C(C)CNC2CC2)CCS1. The lowest BCUT2D eigenvalue weighted by Gasteiger charge is -2.36. The summed E-state index contributed by atoms with van der Waals surface area (Å²) in [6.45, 7) is 8.46. The number of hydrogen-bond acceptors (Lipinski definition) is 3. The third kappa shape index (κ3) is 3.65. The van der Waals surface area contributed by atoms with Crippen molar-refractivity contribution in [2.45, 2.75) is 50.4 Å². The third-order valence-electron chi connectivity index (χ3n) is 3.53. The molecule has 2 unspecified atom stereocenters. The van der Waals surface area contributed by atoms with Gasteiger partial charge in [0.15, 0.2) is 0 Å². The van der Waals surface area contributed by atoms with Gasteiger partial charge in [-0.25, -0.2) is 0 Å². The molecule has 0 radical (unpaired) electrons. The van der Waals surface area contributed by atoms with Crippen LogP contribution in [0.4, 0.5) is 0 Å². The molecule has 1 heterocycles. The van der Waals surface area contributed by atoms with E-state index in [9.17, 15) is 0 Å². The summed E-state index contributed by atoms with van der Waals surface area (Å²) >= 11 is 2.16. The summed E-state index contributed by atoms with van der Waals surface area (Å²) < 4.78 is 0. The van der Waals surface area contributed by atoms with Crippen molar-refractivity contribution in [3.05, 3.63) is 0 Å². The average molecular weight is 228 g/mol. The van der Waals surface area contributed by atoms with Gasteiger partial charge in [0.2, 0.25) is 0 Å². The molecule has 1 saturated heterocycles. The van der Waals surface area contributed by atoms with Crippen LogP contribution in [0.2, 0.25) is 0 Å². The molecule has 0 bridgehead atoms. The topological polar surface area (TPSA) is 15.3 Å². The van der Waals surface area contributed by atoms with Crippen LogP contribution in [-0.2, 0) is 0 Å². The van der Waals surface area contributed by atoms with Gasteiger partial charge in [-0.05, 0) is 26.2 Å². The molecule has 2 atom stereocenters. The maximum atomic E-state index is 3.64. The van der Waals surface area contributed by atoms with Gasteiger partial charge in [0.25, 0.3) is 0 Å². The molecule has 2 fully saturated rings. The number of rotatable bonds is 5. The van der Waals surface area contributed by atoms with Gasteiger partial charge in [-0.1, -0.05) is 6.92 Å². The highest BCUT2D eigenvalue weighted by atomic mass is 32.2. The zero-order valence-corrected chi connectivity index (χ0v) is 10.9. The Hall–Kier alpha value is 0.270. The zero-order chi connectivity index (χ0) is 10.7. The number of thioether (sulfide) groups is 1. The van der Waals surface area contributed by atoms with Crippen LogP contribution in [0.3, 0.4) is 0 Å². The molecule has 0 spiro atoms. The maximum Gasteiger partial charge on any atom is 0.0193 e. The Bertz CT molecular complexity index is 194. The maximum absolute atomic E-state index is 3.64. The fourth-order valence-electron chi connectivity index (χ4n) is 2.14. The molecule has 2 aliphatic rings. The predicted molar refractivity (Wildman–Crippen MR) is 68.6 cm³/mol. The van der Waals surface area contributed by atoms with Gasteiger partial charge in [0.05, 0.1) is 0 Å². The first-order chi connectivity index (χ1) is 7.29. The summed E-state index contributed by atoms with van der Waals surface area (Å²) in [5.41, 5.74) is 0. The number of nitrogens with one attached hydrogen (secondary N) is 1. The molecule has 3 heteroatoms. The Morgan fingerprint density at radius 3 is 2.93 bits per heavy atom. The van der Waals surface area contributed by atoms with E-state index in [4.69, 9.17) is 0 Å². The van der Waals surface area contributed by atoms with Crippen molar-refractivity contribution < 1.29 is 0 Å². The molecule has 15 heavy (non-hydrogen) atoms. The summed E-state index contributed by atoms with van der Waals surface area (Å²) in [5, 5.41) is 4.51. The monoisotopic (exact) mass is 228 g/mol. The molecule has 1 aliphatic carbocycles. The Kier molecular flexibility index (Phi) is 4.35. The molecule has 2 rings (SSSR count). The van der Waals surface area contributed by atoms with Crippen molar-refractivity contribution >= 4 is 11.8 Å². The van der Waals surface area contributed by atoms with Gasteiger partial charge in [-0.3, -0.25) is 4.90 Å². The molecule has 2 nitrogen and oxygen atoms in total. The van der Waals surface area contributed by atoms with Gasteiger partial charge >= 0.3 is 0 Å². The highest BCUT2D eigenvalue weighted by Crippen LogP contribution is 2.23. The van der Waals surface area contributed by atoms with Crippen LogP contribution in [0.1, 0.15) is 33.1 Å². The van der Waals surface area contributed by atoms with Gasteiger partial charge in [-0.2, -0.15) is 11.8 Å². The van der Waals surface area contributed by atoms with E-state index in [1.54, 1.807) is 0 Å². The fourth-order valence-corrected chi connectivity index (χ4v) is 3.35. The molecule has 0 aromatic rings. The quantitative estimate of drug-likeness (QED) is 0.774. The van der Waals surface area contributed by atoms with Gasteiger partial charge < -0.3 is 5.32 Å². The first kappa shape index (κ1) is 11.7.